The first-order valence-corrected chi connectivity index (χ1v) is 4.30. The number of hydrogen-bond donors (Lipinski definition) is 0. The Balaban J connectivity index is 2.80. The zero-order chi connectivity index (χ0) is 6.97. The fourth-order valence-corrected chi connectivity index (χ4v) is 1.98. The quantitative estimate of drug-likeness (QED) is 0.565. The SMILES string of the molecule is Clc1cscc2cccc1-2. The van der Waals surface area contributed by atoms with E-state index >= 15 is 0 Å². The summed E-state index contributed by atoms with van der Waals surface area (Å²) in [4.78, 5) is 0. The van der Waals surface area contributed by atoms with Gasteiger partial charge < -0.3 is 0 Å². The van der Waals surface area contributed by atoms with Crippen LogP contribution < -0.4 is 0 Å². The molecule has 0 spiro atoms. The summed E-state index contributed by atoms with van der Waals surface area (Å²) in [6.07, 6.45) is 0. The zero-order valence-electron chi connectivity index (χ0n) is 5.17. The lowest BCUT2D eigenvalue weighted by atomic mass is 10.2. The molecule has 0 aromatic heterocycles. The van der Waals surface area contributed by atoms with Crippen molar-refractivity contribution < 1.29 is 0 Å². The molecule has 0 saturated carbocycles. The second-order valence-corrected chi connectivity index (χ2v) is 3.27. The minimum Gasteiger partial charge on any atom is -0.150 e. The van der Waals surface area contributed by atoms with Crippen molar-refractivity contribution >= 4 is 22.9 Å². The molecule has 2 rings (SSSR count). The van der Waals surface area contributed by atoms with Gasteiger partial charge in [0.25, 0.3) is 0 Å². The largest absolute Gasteiger partial charge is 0.150 e. The summed E-state index contributed by atoms with van der Waals surface area (Å²) in [6, 6.07) is 6.12. The van der Waals surface area contributed by atoms with Crippen molar-refractivity contribution in [3.05, 3.63) is 34.0 Å². The van der Waals surface area contributed by atoms with Crippen LogP contribution in [-0.2, 0) is 0 Å². The normalized spacial score (nSPS) is 10.5. The Morgan fingerprint density at radius 1 is 1.20 bits per heavy atom. The van der Waals surface area contributed by atoms with E-state index in [1.165, 1.54) is 5.56 Å². The maximum absolute atomic E-state index is 5.91. The van der Waals surface area contributed by atoms with Crippen LogP contribution in [0.5, 0.6) is 0 Å². The van der Waals surface area contributed by atoms with Gasteiger partial charge in [0.1, 0.15) is 0 Å². The topological polar surface area (TPSA) is 0 Å². The highest BCUT2D eigenvalue weighted by atomic mass is 35.5. The standard InChI is InChI=1S/C8H5ClS/c9-8-5-10-4-6-2-1-3-7(6)8/h1-5H. The van der Waals surface area contributed by atoms with Gasteiger partial charge in [0.15, 0.2) is 0 Å². The predicted molar refractivity (Wildman–Crippen MR) is 46.0 cm³/mol. The van der Waals surface area contributed by atoms with Crippen molar-refractivity contribution in [1.82, 2.24) is 0 Å². The van der Waals surface area contributed by atoms with E-state index in [2.05, 4.69) is 11.4 Å². The third kappa shape index (κ3) is 0.825. The molecule has 0 bridgehead atoms. The van der Waals surface area contributed by atoms with Crippen LogP contribution >= 0.6 is 22.9 Å². The number of halogens is 1. The number of fused-ring (bicyclic) bond motifs is 1. The second-order valence-electron chi connectivity index (χ2n) is 2.11. The predicted octanol–water partition coefficient (Wildman–Crippen LogP) is 3.51. The van der Waals surface area contributed by atoms with Gasteiger partial charge in [-0.15, -0.1) is 0 Å². The number of hydrogen-bond acceptors (Lipinski definition) is 1. The molecule has 0 nitrogen and oxygen atoms in total. The third-order valence-electron chi connectivity index (χ3n) is 1.47. The van der Waals surface area contributed by atoms with E-state index in [1.54, 1.807) is 11.3 Å². The van der Waals surface area contributed by atoms with Crippen molar-refractivity contribution in [3.63, 3.8) is 0 Å². The molecule has 0 radical (unpaired) electrons. The van der Waals surface area contributed by atoms with Crippen molar-refractivity contribution in [1.29, 1.82) is 0 Å². The van der Waals surface area contributed by atoms with Gasteiger partial charge in [0, 0.05) is 10.9 Å². The first kappa shape index (κ1) is 6.20. The number of rotatable bonds is 0. The van der Waals surface area contributed by atoms with Crippen LogP contribution in [0.1, 0.15) is 0 Å². The lowest BCUT2D eigenvalue weighted by Crippen LogP contribution is -1.69. The Morgan fingerprint density at radius 2 is 2.10 bits per heavy atom. The molecule has 0 amide bonds. The van der Waals surface area contributed by atoms with Gasteiger partial charge in [-0.3, -0.25) is 0 Å². The molecule has 0 fully saturated rings. The van der Waals surface area contributed by atoms with Crippen molar-refractivity contribution in [2.24, 2.45) is 0 Å². The summed E-state index contributed by atoms with van der Waals surface area (Å²) in [7, 11) is 0. The molecule has 10 heavy (non-hydrogen) atoms. The maximum Gasteiger partial charge on any atom is 0.0583 e. The molecule has 2 heteroatoms. The minimum atomic E-state index is 0.854. The van der Waals surface area contributed by atoms with Crippen molar-refractivity contribution in [2.45, 2.75) is 0 Å². The van der Waals surface area contributed by atoms with E-state index in [-0.39, 0.29) is 0 Å². The van der Waals surface area contributed by atoms with E-state index in [0.717, 1.165) is 10.6 Å². The molecule has 1 heterocycles. The van der Waals surface area contributed by atoms with E-state index in [4.69, 9.17) is 11.6 Å². The average Bonchev–Trinajstić information content (AvgIpc) is 2.36. The Bertz CT molecular complexity index is 313. The Hall–Kier alpha value is -0.530. The third-order valence-corrected chi connectivity index (χ3v) is 2.68. The minimum absolute atomic E-state index is 0.854. The van der Waals surface area contributed by atoms with Crippen LogP contribution in [0.25, 0.3) is 11.1 Å². The molecule has 0 unspecified atom stereocenters. The summed E-state index contributed by atoms with van der Waals surface area (Å²) in [5, 5.41) is 4.90. The summed E-state index contributed by atoms with van der Waals surface area (Å²) in [5.41, 5.74) is 2.39. The average molecular weight is 169 g/mol. The molecule has 50 valence electrons. The van der Waals surface area contributed by atoms with Gasteiger partial charge in [-0.05, 0) is 10.9 Å². The molecular weight excluding hydrogens is 164 g/mol. The van der Waals surface area contributed by atoms with E-state index in [9.17, 15) is 0 Å². The van der Waals surface area contributed by atoms with E-state index in [0.29, 0.717) is 0 Å². The van der Waals surface area contributed by atoms with Gasteiger partial charge >= 0.3 is 0 Å². The van der Waals surface area contributed by atoms with Crippen molar-refractivity contribution in [3.8, 4) is 11.1 Å². The summed E-state index contributed by atoms with van der Waals surface area (Å²) in [5.74, 6) is 0. The molecular formula is C8H5ClS. The van der Waals surface area contributed by atoms with Gasteiger partial charge in [-0.1, -0.05) is 29.8 Å². The van der Waals surface area contributed by atoms with Crippen LogP contribution in [0.15, 0.2) is 29.0 Å². The molecule has 0 atom stereocenters. The highest BCUT2D eigenvalue weighted by Gasteiger charge is 2.03. The van der Waals surface area contributed by atoms with Gasteiger partial charge in [-0.25, -0.2) is 0 Å². The maximum atomic E-state index is 5.91. The molecule has 0 N–H and O–H groups in total. The molecule has 0 aromatic carbocycles. The Kier molecular flexibility index (Phi) is 1.40. The van der Waals surface area contributed by atoms with Crippen LogP contribution in [0.2, 0.25) is 5.02 Å². The first-order valence-electron chi connectivity index (χ1n) is 2.98. The van der Waals surface area contributed by atoms with Gasteiger partial charge in [0.05, 0.1) is 5.02 Å². The lowest BCUT2D eigenvalue weighted by molar-refractivity contribution is 1.84. The molecule has 1 aliphatic heterocycles. The Labute approximate surface area is 68.4 Å². The monoisotopic (exact) mass is 168 g/mol. The summed E-state index contributed by atoms with van der Waals surface area (Å²) < 4.78 is 0. The molecule has 2 aliphatic rings. The van der Waals surface area contributed by atoms with Crippen LogP contribution in [0.4, 0.5) is 0 Å². The fraction of sp³-hybridized carbons (Fsp3) is 0. The second kappa shape index (κ2) is 2.26. The highest BCUT2D eigenvalue weighted by Crippen LogP contribution is 2.31. The molecule has 0 aromatic rings. The van der Waals surface area contributed by atoms with E-state index < -0.39 is 0 Å². The van der Waals surface area contributed by atoms with Gasteiger partial charge in [0.2, 0.25) is 0 Å². The molecule has 1 aliphatic carbocycles. The summed E-state index contributed by atoms with van der Waals surface area (Å²) >= 11 is 7.54. The molecule has 0 saturated heterocycles. The highest BCUT2D eigenvalue weighted by molar-refractivity contribution is 7.08. The van der Waals surface area contributed by atoms with E-state index in [1.807, 2.05) is 17.5 Å². The van der Waals surface area contributed by atoms with Crippen LogP contribution in [-0.4, -0.2) is 0 Å². The first-order chi connectivity index (χ1) is 4.88. The smallest absolute Gasteiger partial charge is 0.0583 e. The lowest BCUT2D eigenvalue weighted by Gasteiger charge is -1.97. The van der Waals surface area contributed by atoms with Gasteiger partial charge in [-0.2, -0.15) is 11.3 Å². The summed E-state index contributed by atoms with van der Waals surface area (Å²) in [6.45, 7) is 0. The Morgan fingerprint density at radius 3 is 2.90 bits per heavy atom. The van der Waals surface area contributed by atoms with Crippen molar-refractivity contribution in [2.75, 3.05) is 0 Å². The zero-order valence-corrected chi connectivity index (χ0v) is 6.75. The van der Waals surface area contributed by atoms with Crippen LogP contribution in [0, 0.1) is 0 Å². The van der Waals surface area contributed by atoms with Crippen LogP contribution in [0.3, 0.4) is 0 Å². The fourth-order valence-electron chi connectivity index (χ4n) is 0.985.